The van der Waals surface area contributed by atoms with Gasteiger partial charge < -0.3 is 14.7 Å². The lowest BCUT2D eigenvalue weighted by atomic mass is 9.84. The van der Waals surface area contributed by atoms with Gasteiger partial charge in [0.05, 0.1) is 6.04 Å². The lowest BCUT2D eigenvalue weighted by Crippen LogP contribution is -2.48. The number of aliphatic carboxylic acids is 1. The highest BCUT2D eigenvalue weighted by Gasteiger charge is 2.43. The van der Waals surface area contributed by atoms with E-state index >= 15 is 0 Å². The number of amides is 1. The van der Waals surface area contributed by atoms with Crippen LogP contribution in [0.3, 0.4) is 0 Å². The van der Waals surface area contributed by atoms with Crippen molar-refractivity contribution in [2.24, 2.45) is 0 Å². The van der Waals surface area contributed by atoms with Gasteiger partial charge in [0, 0.05) is 30.3 Å². The summed E-state index contributed by atoms with van der Waals surface area (Å²) < 4.78 is 6.89. The van der Waals surface area contributed by atoms with E-state index in [0.717, 1.165) is 15.6 Å². The second kappa shape index (κ2) is 8.13. The van der Waals surface area contributed by atoms with Crippen molar-refractivity contribution in [3.8, 4) is 0 Å². The molecule has 0 aliphatic carbocycles. The minimum absolute atomic E-state index is 0.0512. The van der Waals surface area contributed by atoms with Gasteiger partial charge >= 0.3 is 12.1 Å². The van der Waals surface area contributed by atoms with Gasteiger partial charge in [-0.15, -0.1) is 0 Å². The van der Waals surface area contributed by atoms with E-state index in [0.29, 0.717) is 13.0 Å². The molecular weight excluding hydrogens is 410 g/mol. The highest BCUT2D eigenvalue weighted by Crippen LogP contribution is 2.40. The summed E-state index contributed by atoms with van der Waals surface area (Å²) in [5, 5.41) is 9.13. The third-order valence-electron chi connectivity index (χ3n) is 5.14. The van der Waals surface area contributed by atoms with Gasteiger partial charge in [0.2, 0.25) is 0 Å². The number of rotatable bonds is 6. The molecule has 1 aliphatic rings. The highest BCUT2D eigenvalue weighted by atomic mass is 79.9. The summed E-state index contributed by atoms with van der Waals surface area (Å²) in [5.74, 6) is -0.896. The number of nitrogens with zero attached hydrogens (tertiary/aromatic N) is 1. The normalized spacial score (nSPS) is 20.8. The first-order valence-electron chi connectivity index (χ1n) is 8.94. The zero-order chi connectivity index (χ0) is 19.4. The van der Waals surface area contributed by atoms with Gasteiger partial charge in [-0.1, -0.05) is 58.4 Å². The average Bonchev–Trinajstić information content (AvgIpc) is 2.67. The lowest BCUT2D eigenvalue weighted by molar-refractivity contribution is -0.139. The van der Waals surface area contributed by atoms with E-state index in [2.05, 4.69) is 15.9 Å². The Hall–Kier alpha value is -2.34. The summed E-state index contributed by atoms with van der Waals surface area (Å²) >= 11 is 3.42. The van der Waals surface area contributed by atoms with Crippen molar-refractivity contribution in [1.29, 1.82) is 0 Å². The Labute approximate surface area is 167 Å². The Bertz CT molecular complexity index is 809. The van der Waals surface area contributed by atoms with Crippen LogP contribution in [0.15, 0.2) is 59.1 Å². The van der Waals surface area contributed by atoms with Gasteiger partial charge in [-0.25, -0.2) is 4.79 Å². The molecule has 6 heteroatoms. The van der Waals surface area contributed by atoms with E-state index in [4.69, 9.17) is 9.84 Å². The number of carboxylic acids is 1. The number of hydrogen-bond donors (Lipinski definition) is 1. The van der Waals surface area contributed by atoms with Crippen LogP contribution in [-0.4, -0.2) is 28.6 Å². The van der Waals surface area contributed by atoms with Gasteiger partial charge in [0.15, 0.2) is 0 Å². The fraction of sp³-hybridized carbons (Fsp3) is 0.333. The second-order valence-corrected chi connectivity index (χ2v) is 7.71. The zero-order valence-electron chi connectivity index (χ0n) is 15.1. The Morgan fingerprint density at radius 2 is 1.89 bits per heavy atom. The molecule has 1 N–H and O–H groups in total. The summed E-state index contributed by atoms with van der Waals surface area (Å²) in [6.07, 6.45) is 0.353. The van der Waals surface area contributed by atoms with Gasteiger partial charge in [-0.2, -0.15) is 0 Å². The van der Waals surface area contributed by atoms with E-state index in [9.17, 15) is 9.59 Å². The predicted octanol–water partition coefficient (Wildman–Crippen LogP) is 5.11. The van der Waals surface area contributed by atoms with Crippen LogP contribution in [0.1, 0.15) is 43.4 Å². The third kappa shape index (κ3) is 4.33. The molecule has 2 aromatic carbocycles. The topological polar surface area (TPSA) is 66.8 Å². The molecule has 5 nitrogen and oxygen atoms in total. The molecule has 2 aromatic rings. The zero-order valence-corrected chi connectivity index (χ0v) is 16.7. The molecule has 2 atom stereocenters. The highest BCUT2D eigenvalue weighted by molar-refractivity contribution is 9.10. The van der Waals surface area contributed by atoms with Crippen LogP contribution in [0, 0.1) is 0 Å². The summed E-state index contributed by atoms with van der Waals surface area (Å²) in [5.41, 5.74) is 0.968. The molecule has 1 aliphatic heterocycles. The molecule has 0 saturated carbocycles. The predicted molar refractivity (Wildman–Crippen MR) is 105 cm³/mol. The van der Waals surface area contributed by atoms with Crippen molar-refractivity contribution < 1.29 is 19.4 Å². The Morgan fingerprint density at radius 3 is 2.48 bits per heavy atom. The SMILES string of the molecule is CC(c1ccc(Br)cc1)N1CCC(CCC(=O)O)(c2ccccc2)OC1=O. The summed E-state index contributed by atoms with van der Waals surface area (Å²) in [6, 6.07) is 17.2. The molecule has 0 radical (unpaired) electrons. The number of benzene rings is 2. The molecule has 0 aromatic heterocycles. The molecule has 3 rings (SSSR count). The number of carbonyl (C=O) groups is 2. The van der Waals surface area contributed by atoms with Crippen molar-refractivity contribution in [3.63, 3.8) is 0 Å². The first kappa shape index (κ1) is 19.4. The molecule has 1 amide bonds. The smallest absolute Gasteiger partial charge is 0.411 e. The van der Waals surface area contributed by atoms with E-state index in [1.165, 1.54) is 0 Å². The first-order valence-corrected chi connectivity index (χ1v) is 9.73. The summed E-state index contributed by atoms with van der Waals surface area (Å²) in [7, 11) is 0. The quantitative estimate of drug-likeness (QED) is 0.689. The monoisotopic (exact) mass is 431 g/mol. The Morgan fingerprint density at radius 1 is 1.22 bits per heavy atom. The number of carboxylic acid groups (broad SMARTS) is 1. The minimum Gasteiger partial charge on any atom is -0.481 e. The minimum atomic E-state index is -0.896. The van der Waals surface area contributed by atoms with E-state index in [1.807, 2.05) is 61.5 Å². The lowest BCUT2D eigenvalue weighted by Gasteiger charge is -2.43. The first-order chi connectivity index (χ1) is 12.9. The van der Waals surface area contributed by atoms with E-state index in [-0.39, 0.29) is 18.9 Å². The molecule has 1 saturated heterocycles. The van der Waals surface area contributed by atoms with Crippen molar-refractivity contribution in [1.82, 2.24) is 4.90 Å². The fourth-order valence-corrected chi connectivity index (χ4v) is 3.78. The standard InChI is InChI=1S/C21H22BrNO4/c1-15(16-7-9-18(22)10-8-16)23-14-13-21(27-20(23)26,12-11-19(24)25)17-5-3-2-4-6-17/h2-10,15H,11-14H2,1H3,(H,24,25). The second-order valence-electron chi connectivity index (χ2n) is 6.79. The number of hydrogen-bond acceptors (Lipinski definition) is 3. The summed E-state index contributed by atoms with van der Waals surface area (Å²) in [6.45, 7) is 2.47. The van der Waals surface area contributed by atoms with Crippen LogP contribution in [0.4, 0.5) is 4.79 Å². The van der Waals surface area contributed by atoms with Crippen LogP contribution in [0.2, 0.25) is 0 Å². The number of ether oxygens (including phenoxy) is 1. The third-order valence-corrected chi connectivity index (χ3v) is 5.66. The van der Waals surface area contributed by atoms with Crippen molar-refractivity contribution in [2.75, 3.05) is 6.54 Å². The van der Waals surface area contributed by atoms with Crippen LogP contribution in [-0.2, 0) is 15.1 Å². The van der Waals surface area contributed by atoms with Crippen molar-refractivity contribution in [2.45, 2.75) is 37.8 Å². The van der Waals surface area contributed by atoms with Gasteiger partial charge in [-0.3, -0.25) is 4.79 Å². The molecule has 1 fully saturated rings. The van der Waals surface area contributed by atoms with Crippen molar-refractivity contribution in [3.05, 3.63) is 70.2 Å². The van der Waals surface area contributed by atoms with Crippen LogP contribution < -0.4 is 0 Å². The van der Waals surface area contributed by atoms with Crippen LogP contribution in [0.5, 0.6) is 0 Å². The maximum Gasteiger partial charge on any atom is 0.411 e. The summed E-state index contributed by atoms with van der Waals surface area (Å²) in [4.78, 5) is 25.7. The van der Waals surface area contributed by atoms with Crippen LogP contribution >= 0.6 is 15.9 Å². The molecule has 27 heavy (non-hydrogen) atoms. The van der Waals surface area contributed by atoms with Gasteiger partial charge in [0.25, 0.3) is 0 Å². The maximum absolute atomic E-state index is 12.9. The van der Waals surface area contributed by atoms with Gasteiger partial charge in [0.1, 0.15) is 5.60 Å². The van der Waals surface area contributed by atoms with E-state index in [1.54, 1.807) is 4.90 Å². The Balaban J connectivity index is 1.82. The van der Waals surface area contributed by atoms with Gasteiger partial charge in [-0.05, 0) is 30.2 Å². The fourth-order valence-electron chi connectivity index (χ4n) is 3.52. The number of carbonyl (C=O) groups excluding carboxylic acids is 1. The maximum atomic E-state index is 12.9. The largest absolute Gasteiger partial charge is 0.481 e. The number of cyclic esters (lactones) is 1. The molecule has 0 bridgehead atoms. The van der Waals surface area contributed by atoms with Crippen LogP contribution in [0.25, 0.3) is 0 Å². The van der Waals surface area contributed by atoms with E-state index < -0.39 is 17.7 Å². The molecule has 1 heterocycles. The Kier molecular flexibility index (Phi) is 5.85. The average molecular weight is 432 g/mol. The molecule has 2 unspecified atom stereocenters. The molecular formula is C21H22BrNO4. The number of halogens is 1. The molecule has 142 valence electrons. The van der Waals surface area contributed by atoms with Crippen molar-refractivity contribution >= 4 is 28.0 Å². The molecule has 0 spiro atoms.